The highest BCUT2D eigenvalue weighted by Gasteiger charge is 2.30. The summed E-state index contributed by atoms with van der Waals surface area (Å²) in [6.45, 7) is 2.95. The number of hydrogen-bond donors (Lipinski definition) is 2. The summed E-state index contributed by atoms with van der Waals surface area (Å²) >= 11 is 0. The molecule has 0 bridgehead atoms. The van der Waals surface area contributed by atoms with E-state index in [2.05, 4.69) is 5.32 Å². The Kier molecular flexibility index (Phi) is 4.05. The Morgan fingerprint density at radius 3 is 2.56 bits per heavy atom. The number of carboxylic acid groups (broad SMARTS) is 1. The van der Waals surface area contributed by atoms with Crippen molar-refractivity contribution in [2.75, 3.05) is 5.32 Å². The Morgan fingerprint density at radius 1 is 1.39 bits per heavy atom. The smallest absolute Gasteiger partial charge is 0.309 e. The van der Waals surface area contributed by atoms with Gasteiger partial charge in [-0.15, -0.1) is 0 Å². The molecule has 0 saturated carbocycles. The van der Waals surface area contributed by atoms with Gasteiger partial charge >= 0.3 is 5.97 Å². The molecule has 5 nitrogen and oxygen atoms in total. The van der Waals surface area contributed by atoms with Crippen LogP contribution in [0.5, 0.6) is 0 Å². The van der Waals surface area contributed by atoms with Gasteiger partial charge in [-0.05, 0) is 26.0 Å². The monoisotopic (exact) mass is 246 g/mol. The van der Waals surface area contributed by atoms with Gasteiger partial charge in [-0.2, -0.15) is 5.26 Å². The summed E-state index contributed by atoms with van der Waals surface area (Å²) in [5, 5.41) is 20.3. The molecule has 0 radical (unpaired) electrons. The molecular formula is C13H14N2O3. The van der Waals surface area contributed by atoms with Crippen LogP contribution >= 0.6 is 0 Å². The first kappa shape index (κ1) is 13.7. The molecule has 0 saturated heterocycles. The summed E-state index contributed by atoms with van der Waals surface area (Å²) < 4.78 is 0. The molecule has 2 N–H and O–H groups in total. The lowest BCUT2D eigenvalue weighted by atomic mass is 9.89. The number of carbonyl (C=O) groups is 2. The van der Waals surface area contributed by atoms with Gasteiger partial charge in [-0.3, -0.25) is 9.59 Å². The van der Waals surface area contributed by atoms with Crippen molar-refractivity contribution in [3.8, 4) is 6.07 Å². The van der Waals surface area contributed by atoms with Gasteiger partial charge in [-0.1, -0.05) is 12.1 Å². The SMILES string of the molecule is CC(C)(CC(=O)Nc1ccccc1C#N)C(=O)O. The van der Waals surface area contributed by atoms with E-state index in [0.29, 0.717) is 11.3 Å². The fourth-order valence-electron chi connectivity index (χ4n) is 1.36. The number of aliphatic carboxylic acids is 1. The van der Waals surface area contributed by atoms with E-state index in [0.717, 1.165) is 0 Å². The number of hydrogen-bond acceptors (Lipinski definition) is 3. The van der Waals surface area contributed by atoms with Crippen molar-refractivity contribution in [1.29, 1.82) is 5.26 Å². The number of benzene rings is 1. The highest BCUT2D eigenvalue weighted by Crippen LogP contribution is 2.22. The molecule has 0 spiro atoms. The lowest BCUT2D eigenvalue weighted by Crippen LogP contribution is -2.29. The Morgan fingerprint density at radius 2 is 2.00 bits per heavy atom. The molecule has 1 aromatic carbocycles. The minimum absolute atomic E-state index is 0.151. The molecule has 18 heavy (non-hydrogen) atoms. The van der Waals surface area contributed by atoms with Crippen molar-refractivity contribution in [2.45, 2.75) is 20.3 Å². The van der Waals surface area contributed by atoms with E-state index in [4.69, 9.17) is 10.4 Å². The number of para-hydroxylation sites is 1. The van der Waals surface area contributed by atoms with E-state index >= 15 is 0 Å². The lowest BCUT2D eigenvalue weighted by Gasteiger charge is -2.18. The van der Waals surface area contributed by atoms with Crippen LogP contribution < -0.4 is 5.32 Å². The van der Waals surface area contributed by atoms with Gasteiger partial charge in [0.2, 0.25) is 5.91 Å². The average molecular weight is 246 g/mol. The summed E-state index contributed by atoms with van der Waals surface area (Å²) in [5.41, 5.74) is -0.392. The molecule has 0 atom stereocenters. The molecular weight excluding hydrogens is 232 g/mol. The number of carbonyl (C=O) groups excluding carboxylic acids is 1. The number of rotatable bonds is 4. The Labute approximate surface area is 105 Å². The van der Waals surface area contributed by atoms with Gasteiger partial charge in [0.25, 0.3) is 0 Å². The van der Waals surface area contributed by atoms with Crippen LogP contribution in [0, 0.1) is 16.7 Å². The lowest BCUT2D eigenvalue weighted by molar-refractivity contribution is -0.148. The molecule has 0 aliphatic heterocycles. The Bertz CT molecular complexity index is 515. The number of amides is 1. The molecule has 1 rings (SSSR count). The van der Waals surface area contributed by atoms with Crippen molar-refractivity contribution in [1.82, 2.24) is 0 Å². The number of carboxylic acids is 1. The maximum Gasteiger partial charge on any atom is 0.309 e. The van der Waals surface area contributed by atoms with Gasteiger partial charge in [0.1, 0.15) is 6.07 Å². The highest BCUT2D eigenvalue weighted by atomic mass is 16.4. The fourth-order valence-corrected chi connectivity index (χ4v) is 1.36. The van der Waals surface area contributed by atoms with Crippen LogP contribution in [-0.4, -0.2) is 17.0 Å². The van der Waals surface area contributed by atoms with E-state index in [-0.39, 0.29) is 6.42 Å². The largest absolute Gasteiger partial charge is 0.481 e. The quantitative estimate of drug-likeness (QED) is 0.850. The van der Waals surface area contributed by atoms with Crippen molar-refractivity contribution in [2.24, 2.45) is 5.41 Å². The van der Waals surface area contributed by atoms with Crippen LogP contribution in [0.25, 0.3) is 0 Å². The van der Waals surface area contributed by atoms with Crippen LogP contribution in [0.3, 0.4) is 0 Å². The first-order valence-electron chi connectivity index (χ1n) is 5.39. The molecule has 0 aliphatic carbocycles. The summed E-state index contributed by atoms with van der Waals surface area (Å²) in [4.78, 5) is 22.6. The third kappa shape index (κ3) is 3.32. The zero-order valence-electron chi connectivity index (χ0n) is 10.2. The van der Waals surface area contributed by atoms with Gasteiger partial charge in [0, 0.05) is 6.42 Å². The predicted octanol–water partition coefficient (Wildman–Crippen LogP) is 2.00. The zero-order valence-corrected chi connectivity index (χ0v) is 10.2. The number of nitrogens with zero attached hydrogens (tertiary/aromatic N) is 1. The second-order valence-electron chi connectivity index (χ2n) is 4.57. The molecule has 0 fully saturated rings. The third-order valence-corrected chi connectivity index (χ3v) is 2.50. The van der Waals surface area contributed by atoms with Crippen molar-refractivity contribution in [3.05, 3.63) is 29.8 Å². The molecule has 0 aliphatic rings. The van der Waals surface area contributed by atoms with Gasteiger partial charge < -0.3 is 10.4 Å². The number of anilines is 1. The molecule has 5 heteroatoms. The van der Waals surface area contributed by atoms with E-state index in [1.165, 1.54) is 13.8 Å². The summed E-state index contributed by atoms with van der Waals surface area (Å²) in [6, 6.07) is 8.52. The summed E-state index contributed by atoms with van der Waals surface area (Å²) in [5.74, 6) is -1.46. The first-order chi connectivity index (χ1) is 8.36. The standard InChI is InChI=1S/C13H14N2O3/c1-13(2,12(17)18)7-11(16)15-10-6-4-3-5-9(10)8-14/h3-6H,7H2,1-2H3,(H,15,16)(H,17,18). The minimum atomic E-state index is -1.13. The summed E-state index contributed by atoms with van der Waals surface area (Å²) in [6.07, 6.45) is -0.151. The fraction of sp³-hybridized carbons (Fsp3) is 0.308. The molecule has 94 valence electrons. The van der Waals surface area contributed by atoms with Crippen molar-refractivity contribution in [3.63, 3.8) is 0 Å². The van der Waals surface area contributed by atoms with Crippen LogP contribution in [0.2, 0.25) is 0 Å². The second-order valence-corrected chi connectivity index (χ2v) is 4.57. The van der Waals surface area contributed by atoms with Gasteiger partial charge in [0.05, 0.1) is 16.7 Å². The zero-order chi connectivity index (χ0) is 13.8. The molecule has 1 aromatic rings. The maximum absolute atomic E-state index is 11.7. The van der Waals surface area contributed by atoms with Crippen LogP contribution in [0.15, 0.2) is 24.3 Å². The molecule has 1 amide bonds. The third-order valence-electron chi connectivity index (χ3n) is 2.50. The van der Waals surface area contributed by atoms with Crippen molar-refractivity contribution < 1.29 is 14.7 Å². The second kappa shape index (κ2) is 5.32. The molecule has 0 unspecified atom stereocenters. The highest BCUT2D eigenvalue weighted by molar-refractivity contribution is 5.95. The minimum Gasteiger partial charge on any atom is -0.481 e. The topological polar surface area (TPSA) is 90.2 Å². The molecule has 0 heterocycles. The average Bonchev–Trinajstić information content (AvgIpc) is 2.28. The van der Waals surface area contributed by atoms with E-state index in [1.54, 1.807) is 24.3 Å². The molecule has 0 aromatic heterocycles. The normalized spacial score (nSPS) is 10.5. The Balaban J connectivity index is 2.78. The van der Waals surface area contributed by atoms with Gasteiger partial charge in [-0.25, -0.2) is 0 Å². The Hall–Kier alpha value is -2.35. The van der Waals surface area contributed by atoms with Crippen LogP contribution in [-0.2, 0) is 9.59 Å². The predicted molar refractivity (Wildman–Crippen MR) is 65.8 cm³/mol. The first-order valence-corrected chi connectivity index (χ1v) is 5.39. The van der Waals surface area contributed by atoms with E-state index < -0.39 is 17.3 Å². The van der Waals surface area contributed by atoms with Gasteiger partial charge in [0.15, 0.2) is 0 Å². The maximum atomic E-state index is 11.7. The number of nitrogens with one attached hydrogen (secondary N) is 1. The van der Waals surface area contributed by atoms with E-state index in [1.807, 2.05) is 6.07 Å². The van der Waals surface area contributed by atoms with Crippen LogP contribution in [0.4, 0.5) is 5.69 Å². The van der Waals surface area contributed by atoms with Crippen LogP contribution in [0.1, 0.15) is 25.8 Å². The van der Waals surface area contributed by atoms with Crippen molar-refractivity contribution >= 4 is 17.6 Å². The number of nitriles is 1. The summed E-state index contributed by atoms with van der Waals surface area (Å²) in [7, 11) is 0. The van der Waals surface area contributed by atoms with E-state index in [9.17, 15) is 9.59 Å².